The fourth-order valence-electron chi connectivity index (χ4n) is 2.90. The van der Waals surface area contributed by atoms with Crippen LogP contribution in [-0.4, -0.2) is 11.9 Å². The van der Waals surface area contributed by atoms with Gasteiger partial charge >= 0.3 is 0 Å². The van der Waals surface area contributed by atoms with Crippen molar-refractivity contribution in [1.29, 1.82) is 0 Å². The molecule has 0 saturated heterocycles. The summed E-state index contributed by atoms with van der Waals surface area (Å²) in [5.74, 6) is 0.739. The maximum absolute atomic E-state index is 11.1. The highest BCUT2D eigenvalue weighted by molar-refractivity contribution is 5.88. The molecular formula is C16H24N2O. The Morgan fingerprint density at radius 1 is 1.37 bits per heavy atom. The summed E-state index contributed by atoms with van der Waals surface area (Å²) in [6.45, 7) is 6.05. The van der Waals surface area contributed by atoms with E-state index in [-0.39, 0.29) is 5.91 Å². The van der Waals surface area contributed by atoms with Crippen molar-refractivity contribution in [3.8, 4) is 0 Å². The summed E-state index contributed by atoms with van der Waals surface area (Å²) >= 11 is 0. The molecule has 1 aromatic rings. The second-order valence-electron chi connectivity index (χ2n) is 5.71. The molecule has 0 bridgehead atoms. The van der Waals surface area contributed by atoms with Crippen LogP contribution in [0.2, 0.25) is 0 Å². The first-order chi connectivity index (χ1) is 9.06. The minimum atomic E-state index is -0.0258. The van der Waals surface area contributed by atoms with Crippen LogP contribution in [-0.2, 0) is 4.79 Å². The van der Waals surface area contributed by atoms with Gasteiger partial charge in [-0.2, -0.15) is 0 Å². The first-order valence-corrected chi connectivity index (χ1v) is 7.20. The molecule has 0 heterocycles. The van der Waals surface area contributed by atoms with Crippen molar-refractivity contribution in [3.05, 3.63) is 29.8 Å². The average Bonchev–Trinajstić information content (AvgIpc) is 2.74. The van der Waals surface area contributed by atoms with Gasteiger partial charge in [0.05, 0.1) is 0 Å². The maximum Gasteiger partial charge on any atom is 0.221 e. The van der Waals surface area contributed by atoms with E-state index in [0.29, 0.717) is 12.1 Å². The third kappa shape index (κ3) is 3.80. The zero-order valence-corrected chi connectivity index (χ0v) is 12.1. The molecule has 0 spiro atoms. The van der Waals surface area contributed by atoms with Gasteiger partial charge in [0.2, 0.25) is 5.91 Å². The van der Waals surface area contributed by atoms with Gasteiger partial charge in [0.1, 0.15) is 0 Å². The van der Waals surface area contributed by atoms with Crippen molar-refractivity contribution in [2.45, 2.75) is 52.1 Å². The van der Waals surface area contributed by atoms with E-state index in [2.05, 4.69) is 36.6 Å². The summed E-state index contributed by atoms with van der Waals surface area (Å²) in [7, 11) is 0. The van der Waals surface area contributed by atoms with Crippen molar-refractivity contribution in [2.24, 2.45) is 5.92 Å². The Labute approximate surface area is 115 Å². The molecule has 1 amide bonds. The third-order valence-corrected chi connectivity index (χ3v) is 4.03. The number of benzene rings is 1. The third-order valence-electron chi connectivity index (χ3n) is 4.03. The number of hydrogen-bond donors (Lipinski definition) is 2. The molecule has 3 atom stereocenters. The van der Waals surface area contributed by atoms with Gasteiger partial charge in [0.25, 0.3) is 0 Å². The molecule has 104 valence electrons. The van der Waals surface area contributed by atoms with Gasteiger partial charge in [-0.25, -0.2) is 0 Å². The Morgan fingerprint density at radius 2 is 2.16 bits per heavy atom. The van der Waals surface area contributed by atoms with Crippen molar-refractivity contribution < 1.29 is 4.79 Å². The summed E-state index contributed by atoms with van der Waals surface area (Å²) in [6, 6.07) is 9.03. The molecule has 3 heteroatoms. The standard InChI is InChI=1S/C16H24N2O/c1-11-6-4-9-16(11)17-12(2)14-7-5-8-15(10-14)18-13(3)19/h5,7-8,10-12,16-17H,4,6,9H2,1-3H3,(H,18,19). The van der Waals surface area contributed by atoms with Crippen molar-refractivity contribution >= 4 is 11.6 Å². The molecule has 1 aliphatic carbocycles. The number of nitrogens with one attached hydrogen (secondary N) is 2. The Hall–Kier alpha value is -1.35. The molecule has 0 aliphatic heterocycles. The lowest BCUT2D eigenvalue weighted by Gasteiger charge is -2.23. The van der Waals surface area contributed by atoms with Gasteiger partial charge in [0, 0.05) is 24.7 Å². The molecule has 0 radical (unpaired) electrons. The van der Waals surface area contributed by atoms with Crippen molar-refractivity contribution in [3.63, 3.8) is 0 Å². The van der Waals surface area contributed by atoms with Crippen LogP contribution in [0.1, 0.15) is 51.6 Å². The lowest BCUT2D eigenvalue weighted by molar-refractivity contribution is -0.114. The molecule has 2 N–H and O–H groups in total. The molecular weight excluding hydrogens is 236 g/mol. The van der Waals surface area contributed by atoms with E-state index in [1.807, 2.05) is 12.1 Å². The molecule has 1 fully saturated rings. The Bertz CT molecular complexity index is 444. The average molecular weight is 260 g/mol. The van der Waals surface area contributed by atoms with Gasteiger partial charge in [-0.05, 0) is 43.4 Å². The van der Waals surface area contributed by atoms with Crippen LogP contribution in [0.3, 0.4) is 0 Å². The number of rotatable bonds is 4. The molecule has 0 aromatic heterocycles. The fraction of sp³-hybridized carbons (Fsp3) is 0.562. The highest BCUT2D eigenvalue weighted by atomic mass is 16.1. The van der Waals surface area contributed by atoms with Crippen LogP contribution in [0.25, 0.3) is 0 Å². The molecule has 1 aliphatic rings. The SMILES string of the molecule is CC(=O)Nc1cccc(C(C)NC2CCCC2C)c1. The van der Waals surface area contributed by atoms with Crippen LogP contribution in [0.15, 0.2) is 24.3 Å². The van der Waals surface area contributed by atoms with E-state index in [0.717, 1.165) is 11.6 Å². The van der Waals surface area contributed by atoms with Gasteiger partial charge in [-0.1, -0.05) is 25.5 Å². The zero-order valence-electron chi connectivity index (χ0n) is 12.1. The minimum Gasteiger partial charge on any atom is -0.326 e. The largest absolute Gasteiger partial charge is 0.326 e. The van der Waals surface area contributed by atoms with Crippen LogP contribution < -0.4 is 10.6 Å². The smallest absolute Gasteiger partial charge is 0.221 e. The highest BCUT2D eigenvalue weighted by Gasteiger charge is 2.24. The second kappa shape index (κ2) is 6.20. The number of amides is 1. The molecule has 2 rings (SSSR count). The Morgan fingerprint density at radius 3 is 2.79 bits per heavy atom. The highest BCUT2D eigenvalue weighted by Crippen LogP contribution is 2.27. The number of anilines is 1. The monoisotopic (exact) mass is 260 g/mol. The summed E-state index contributed by atoms with van der Waals surface area (Å²) in [4.78, 5) is 11.1. The van der Waals surface area contributed by atoms with Crippen LogP contribution in [0.5, 0.6) is 0 Å². The van der Waals surface area contributed by atoms with Gasteiger partial charge < -0.3 is 10.6 Å². The maximum atomic E-state index is 11.1. The van der Waals surface area contributed by atoms with Gasteiger partial charge in [0.15, 0.2) is 0 Å². The summed E-state index contributed by atoms with van der Waals surface area (Å²) in [5, 5.41) is 6.55. The normalized spacial score (nSPS) is 24.2. The van der Waals surface area contributed by atoms with E-state index in [9.17, 15) is 4.79 Å². The first kappa shape index (κ1) is 14.1. The lowest BCUT2D eigenvalue weighted by Crippen LogP contribution is -2.33. The van der Waals surface area contributed by atoms with Gasteiger partial charge in [-0.15, -0.1) is 0 Å². The minimum absolute atomic E-state index is 0.0258. The molecule has 1 aromatic carbocycles. The number of carbonyl (C=O) groups excluding carboxylic acids is 1. The zero-order chi connectivity index (χ0) is 13.8. The predicted octanol–water partition coefficient (Wildman–Crippen LogP) is 3.48. The molecule has 3 unspecified atom stereocenters. The first-order valence-electron chi connectivity index (χ1n) is 7.20. The topological polar surface area (TPSA) is 41.1 Å². The van der Waals surface area contributed by atoms with E-state index < -0.39 is 0 Å². The quantitative estimate of drug-likeness (QED) is 0.870. The van der Waals surface area contributed by atoms with Crippen molar-refractivity contribution in [1.82, 2.24) is 5.32 Å². The number of hydrogen-bond acceptors (Lipinski definition) is 2. The summed E-state index contributed by atoms with van der Waals surface area (Å²) < 4.78 is 0. The molecule has 19 heavy (non-hydrogen) atoms. The van der Waals surface area contributed by atoms with E-state index in [1.165, 1.54) is 31.7 Å². The predicted molar refractivity (Wildman–Crippen MR) is 79.1 cm³/mol. The number of carbonyl (C=O) groups is 1. The summed E-state index contributed by atoms with van der Waals surface area (Å²) in [5.41, 5.74) is 2.10. The fourth-order valence-corrected chi connectivity index (χ4v) is 2.90. The van der Waals surface area contributed by atoms with Crippen molar-refractivity contribution in [2.75, 3.05) is 5.32 Å². The van der Waals surface area contributed by atoms with Crippen LogP contribution in [0, 0.1) is 5.92 Å². The summed E-state index contributed by atoms with van der Waals surface area (Å²) in [6.07, 6.45) is 3.94. The van der Waals surface area contributed by atoms with E-state index in [1.54, 1.807) is 0 Å². The molecule has 1 saturated carbocycles. The van der Waals surface area contributed by atoms with E-state index >= 15 is 0 Å². The second-order valence-corrected chi connectivity index (χ2v) is 5.71. The Balaban J connectivity index is 2.01. The van der Waals surface area contributed by atoms with Gasteiger partial charge in [-0.3, -0.25) is 4.79 Å². The van der Waals surface area contributed by atoms with Crippen LogP contribution >= 0.6 is 0 Å². The van der Waals surface area contributed by atoms with Crippen LogP contribution in [0.4, 0.5) is 5.69 Å². The van der Waals surface area contributed by atoms with E-state index in [4.69, 9.17) is 0 Å². The molecule has 3 nitrogen and oxygen atoms in total. The Kier molecular flexibility index (Phi) is 4.59. The lowest BCUT2D eigenvalue weighted by atomic mass is 10.0.